The van der Waals surface area contributed by atoms with Gasteiger partial charge in [-0.25, -0.2) is 9.97 Å². The molecule has 0 aliphatic heterocycles. The van der Waals surface area contributed by atoms with Crippen molar-refractivity contribution in [3.05, 3.63) is 46.4 Å². The summed E-state index contributed by atoms with van der Waals surface area (Å²) in [5, 5.41) is 13.5. The van der Waals surface area contributed by atoms with Gasteiger partial charge in [0.2, 0.25) is 5.88 Å². The van der Waals surface area contributed by atoms with E-state index in [2.05, 4.69) is 4.98 Å². The molecular weight excluding hydrogens is 362 g/mol. The summed E-state index contributed by atoms with van der Waals surface area (Å²) in [6.45, 7) is 4.00. The third kappa shape index (κ3) is 2.90. The highest BCUT2D eigenvalue weighted by molar-refractivity contribution is 7.10. The molecule has 0 unspecified atom stereocenters. The number of pyridine rings is 2. The monoisotopic (exact) mass is 381 g/mol. The zero-order valence-corrected chi connectivity index (χ0v) is 16.3. The molecule has 4 heterocycles. The van der Waals surface area contributed by atoms with E-state index in [4.69, 9.17) is 14.5 Å². The van der Waals surface area contributed by atoms with Gasteiger partial charge in [0, 0.05) is 28.2 Å². The quantitative estimate of drug-likeness (QED) is 0.564. The predicted molar refractivity (Wildman–Crippen MR) is 106 cm³/mol. The van der Waals surface area contributed by atoms with Crippen molar-refractivity contribution in [2.24, 2.45) is 0 Å². The highest BCUT2D eigenvalue weighted by Crippen LogP contribution is 2.36. The summed E-state index contributed by atoms with van der Waals surface area (Å²) < 4.78 is 12.3. The average molecular weight is 381 g/mol. The van der Waals surface area contributed by atoms with Gasteiger partial charge < -0.3 is 14.6 Å². The van der Waals surface area contributed by atoms with Crippen LogP contribution in [0.1, 0.15) is 10.4 Å². The van der Waals surface area contributed by atoms with E-state index in [1.165, 1.54) is 4.88 Å². The van der Waals surface area contributed by atoms with Gasteiger partial charge in [0.15, 0.2) is 5.75 Å². The van der Waals surface area contributed by atoms with Crippen molar-refractivity contribution < 1.29 is 14.6 Å². The largest absolute Gasteiger partial charge is 0.494 e. The fourth-order valence-corrected chi connectivity index (χ4v) is 3.83. The molecule has 0 amide bonds. The van der Waals surface area contributed by atoms with Crippen LogP contribution in [0, 0.1) is 13.8 Å². The number of aryl methyl sites for hydroxylation is 2. The molecule has 0 saturated carbocycles. The number of aromatic nitrogens is 3. The third-order valence-electron chi connectivity index (χ3n) is 4.47. The Morgan fingerprint density at radius 2 is 1.93 bits per heavy atom. The summed E-state index contributed by atoms with van der Waals surface area (Å²) in [5.74, 6) is 1.17. The fourth-order valence-electron chi connectivity index (χ4n) is 3.16. The van der Waals surface area contributed by atoms with Crippen LogP contribution in [0.15, 0.2) is 36.0 Å². The van der Waals surface area contributed by atoms with Gasteiger partial charge >= 0.3 is 0 Å². The van der Waals surface area contributed by atoms with E-state index in [9.17, 15) is 5.11 Å². The molecule has 0 saturated heterocycles. The molecule has 7 heteroatoms. The van der Waals surface area contributed by atoms with Crippen LogP contribution in [-0.4, -0.2) is 33.9 Å². The van der Waals surface area contributed by atoms with Crippen LogP contribution in [0.4, 0.5) is 0 Å². The molecule has 4 rings (SSSR count). The number of ether oxygens (including phenoxy) is 2. The molecule has 0 radical (unpaired) electrons. The van der Waals surface area contributed by atoms with Gasteiger partial charge in [-0.3, -0.25) is 4.57 Å². The molecule has 138 valence electrons. The Morgan fingerprint density at radius 1 is 1.11 bits per heavy atom. The van der Waals surface area contributed by atoms with Gasteiger partial charge in [-0.15, -0.1) is 11.3 Å². The zero-order valence-electron chi connectivity index (χ0n) is 15.5. The van der Waals surface area contributed by atoms with Gasteiger partial charge in [-0.05, 0) is 37.6 Å². The molecule has 27 heavy (non-hydrogen) atoms. The smallest absolute Gasteiger partial charge is 0.256 e. The minimum Gasteiger partial charge on any atom is -0.494 e. The van der Waals surface area contributed by atoms with Crippen LogP contribution in [0.25, 0.3) is 27.8 Å². The van der Waals surface area contributed by atoms with Crippen molar-refractivity contribution in [1.82, 2.24) is 14.5 Å². The maximum atomic E-state index is 10.7. The summed E-state index contributed by atoms with van der Waals surface area (Å²) in [7, 11) is 3.13. The Balaban J connectivity index is 1.87. The number of hydrogen-bond acceptors (Lipinski definition) is 6. The number of fused-ring (bicyclic) bond motifs is 1. The molecule has 0 atom stereocenters. The molecule has 0 aliphatic carbocycles. The van der Waals surface area contributed by atoms with Crippen molar-refractivity contribution in [2.75, 3.05) is 14.2 Å². The van der Waals surface area contributed by atoms with Crippen LogP contribution in [0.3, 0.4) is 0 Å². The summed E-state index contributed by atoms with van der Waals surface area (Å²) in [6, 6.07) is 5.82. The lowest BCUT2D eigenvalue weighted by Crippen LogP contribution is -1.95. The first-order valence-electron chi connectivity index (χ1n) is 8.37. The van der Waals surface area contributed by atoms with E-state index in [1.807, 2.05) is 43.6 Å². The maximum absolute atomic E-state index is 10.7. The topological polar surface area (TPSA) is 69.4 Å². The molecule has 0 spiro atoms. The van der Waals surface area contributed by atoms with Gasteiger partial charge in [0.1, 0.15) is 0 Å². The standard InChI is InChI=1S/C20H19N3O3S/c1-11-5-15(13-7-17(25-3)19(26-4)21-8-13)22-16-9-23(20(24)18(11)16)14-6-12(2)27-10-14/h5-10,24H,1-4H3. The summed E-state index contributed by atoms with van der Waals surface area (Å²) in [5.41, 5.74) is 4.17. The second-order valence-corrected chi connectivity index (χ2v) is 7.37. The Kier molecular flexibility index (Phi) is 4.24. The Bertz CT molecular complexity index is 1150. The van der Waals surface area contributed by atoms with Gasteiger partial charge in [-0.2, -0.15) is 0 Å². The third-order valence-corrected chi connectivity index (χ3v) is 5.32. The van der Waals surface area contributed by atoms with Crippen molar-refractivity contribution >= 4 is 22.2 Å². The molecule has 4 aromatic rings. The SMILES string of the molecule is COc1cc(-c2cc(C)c3c(O)n(-c4csc(C)c4)cc3n2)cnc1OC. The number of methoxy groups -OCH3 is 2. The molecule has 1 N–H and O–H groups in total. The first kappa shape index (κ1) is 17.4. The average Bonchev–Trinajstić information content (AvgIpc) is 3.24. The minimum atomic E-state index is 0.199. The number of nitrogens with zero attached hydrogens (tertiary/aromatic N) is 3. The van der Waals surface area contributed by atoms with E-state index < -0.39 is 0 Å². The highest BCUT2D eigenvalue weighted by atomic mass is 32.1. The van der Waals surface area contributed by atoms with E-state index in [1.54, 1.807) is 36.3 Å². The van der Waals surface area contributed by atoms with Crippen LogP contribution < -0.4 is 9.47 Å². The Hall–Kier alpha value is -3.06. The Morgan fingerprint density at radius 3 is 2.59 bits per heavy atom. The van der Waals surface area contributed by atoms with Crippen molar-refractivity contribution in [3.63, 3.8) is 0 Å². The van der Waals surface area contributed by atoms with Gasteiger partial charge in [0.05, 0.1) is 36.5 Å². The second kappa shape index (κ2) is 6.59. The van der Waals surface area contributed by atoms with Crippen molar-refractivity contribution in [1.29, 1.82) is 0 Å². The van der Waals surface area contributed by atoms with Crippen molar-refractivity contribution in [3.8, 4) is 34.5 Å². The minimum absolute atomic E-state index is 0.199. The molecular formula is C20H19N3O3S. The fraction of sp³-hybridized carbons (Fsp3) is 0.200. The number of aromatic hydroxyl groups is 1. The number of hydrogen-bond donors (Lipinski definition) is 1. The molecule has 0 aliphatic rings. The molecule has 6 nitrogen and oxygen atoms in total. The van der Waals surface area contributed by atoms with Crippen LogP contribution in [0.5, 0.6) is 17.5 Å². The normalized spacial score (nSPS) is 11.1. The van der Waals surface area contributed by atoms with E-state index in [-0.39, 0.29) is 5.88 Å². The lowest BCUT2D eigenvalue weighted by atomic mass is 10.1. The van der Waals surface area contributed by atoms with Crippen LogP contribution in [0.2, 0.25) is 0 Å². The molecule has 0 bridgehead atoms. The summed E-state index contributed by atoms with van der Waals surface area (Å²) in [4.78, 5) is 10.2. The first-order valence-corrected chi connectivity index (χ1v) is 9.25. The first-order chi connectivity index (χ1) is 13.0. The van der Waals surface area contributed by atoms with Crippen molar-refractivity contribution in [2.45, 2.75) is 13.8 Å². The number of rotatable bonds is 4. The Labute approximate surface area is 160 Å². The molecule has 0 fully saturated rings. The van der Waals surface area contributed by atoms with Crippen LogP contribution >= 0.6 is 11.3 Å². The summed E-state index contributed by atoms with van der Waals surface area (Å²) in [6.07, 6.45) is 3.56. The van der Waals surface area contributed by atoms with Gasteiger partial charge in [0.25, 0.3) is 5.88 Å². The van der Waals surface area contributed by atoms with E-state index >= 15 is 0 Å². The number of thiophene rings is 1. The van der Waals surface area contributed by atoms with E-state index in [0.717, 1.165) is 33.4 Å². The molecule has 4 aromatic heterocycles. The summed E-state index contributed by atoms with van der Waals surface area (Å²) >= 11 is 1.64. The molecule has 0 aromatic carbocycles. The van der Waals surface area contributed by atoms with E-state index in [0.29, 0.717) is 11.6 Å². The van der Waals surface area contributed by atoms with Gasteiger partial charge in [-0.1, -0.05) is 0 Å². The lowest BCUT2D eigenvalue weighted by molar-refractivity contribution is 0.343. The predicted octanol–water partition coefficient (Wildman–Crippen LogP) is 4.49. The lowest BCUT2D eigenvalue weighted by Gasteiger charge is -2.09. The highest BCUT2D eigenvalue weighted by Gasteiger charge is 2.17. The zero-order chi connectivity index (χ0) is 19.1. The second-order valence-electron chi connectivity index (χ2n) is 6.26. The van der Waals surface area contributed by atoms with Crippen LogP contribution in [-0.2, 0) is 0 Å². The maximum Gasteiger partial charge on any atom is 0.256 e.